The Labute approximate surface area is 149 Å². The van der Waals surface area contributed by atoms with E-state index < -0.39 is 0 Å². The van der Waals surface area contributed by atoms with Crippen molar-refractivity contribution in [3.63, 3.8) is 0 Å². The molecule has 3 nitrogen and oxygen atoms in total. The molecule has 0 saturated carbocycles. The van der Waals surface area contributed by atoms with Gasteiger partial charge in [0.05, 0.1) is 6.61 Å². The summed E-state index contributed by atoms with van der Waals surface area (Å²) in [6.45, 7) is 6.06. The van der Waals surface area contributed by atoms with Crippen molar-refractivity contribution in [2.24, 2.45) is 0 Å². The number of carbonyl (C=O) groups excluding carboxylic acids is 1. The molecule has 0 fully saturated rings. The van der Waals surface area contributed by atoms with Gasteiger partial charge < -0.3 is 9.64 Å². The van der Waals surface area contributed by atoms with Crippen molar-refractivity contribution in [1.29, 1.82) is 0 Å². The van der Waals surface area contributed by atoms with Crippen LogP contribution in [0.5, 0.6) is 5.75 Å². The molecule has 2 aromatic rings. The zero-order chi connectivity index (χ0) is 17.4. The molecule has 0 saturated heterocycles. The summed E-state index contributed by atoms with van der Waals surface area (Å²) in [6, 6.07) is 15.7. The van der Waals surface area contributed by atoms with Crippen LogP contribution in [0.1, 0.15) is 30.6 Å². The third-order valence-electron chi connectivity index (χ3n) is 3.92. The molecule has 0 radical (unpaired) electrons. The summed E-state index contributed by atoms with van der Waals surface area (Å²) in [5.41, 5.74) is 2.91. The van der Waals surface area contributed by atoms with Gasteiger partial charge >= 0.3 is 0 Å². The first-order valence-electron chi connectivity index (χ1n) is 8.38. The summed E-state index contributed by atoms with van der Waals surface area (Å²) in [5, 5.41) is 0. The van der Waals surface area contributed by atoms with E-state index in [0.29, 0.717) is 12.5 Å². The van der Waals surface area contributed by atoms with Gasteiger partial charge in [-0.05, 0) is 55.7 Å². The lowest BCUT2D eigenvalue weighted by Gasteiger charge is -2.18. The van der Waals surface area contributed by atoms with Gasteiger partial charge in [0.1, 0.15) is 5.75 Å². The van der Waals surface area contributed by atoms with Crippen LogP contribution in [0, 0.1) is 0 Å². The van der Waals surface area contributed by atoms with E-state index in [1.807, 2.05) is 67.3 Å². The fraction of sp³-hybridized carbons (Fsp3) is 0.350. The number of amides is 1. The molecule has 1 amide bonds. The van der Waals surface area contributed by atoms with Crippen LogP contribution in [0.3, 0.4) is 0 Å². The molecule has 0 aliphatic rings. The average molecular weight is 346 g/mol. The molecule has 0 aliphatic carbocycles. The van der Waals surface area contributed by atoms with Crippen LogP contribution in [0.15, 0.2) is 48.5 Å². The monoisotopic (exact) mass is 345 g/mol. The van der Waals surface area contributed by atoms with E-state index in [9.17, 15) is 4.79 Å². The smallest absolute Gasteiger partial charge is 0.253 e. The maximum absolute atomic E-state index is 12.3. The van der Waals surface area contributed by atoms with Gasteiger partial charge in [-0.15, -0.1) is 11.6 Å². The van der Waals surface area contributed by atoms with Crippen molar-refractivity contribution < 1.29 is 9.53 Å². The summed E-state index contributed by atoms with van der Waals surface area (Å²) < 4.78 is 5.60. The second-order valence-corrected chi connectivity index (χ2v) is 5.85. The Balaban J connectivity index is 2.06. The van der Waals surface area contributed by atoms with Gasteiger partial charge in [-0.1, -0.05) is 24.3 Å². The summed E-state index contributed by atoms with van der Waals surface area (Å²) in [5.74, 6) is 1.53. The predicted molar refractivity (Wildman–Crippen MR) is 100.0 cm³/mol. The van der Waals surface area contributed by atoms with Crippen LogP contribution in [-0.4, -0.2) is 36.4 Å². The molecule has 0 aliphatic heterocycles. The largest absolute Gasteiger partial charge is 0.494 e. The lowest BCUT2D eigenvalue weighted by Crippen LogP contribution is -2.30. The highest BCUT2D eigenvalue weighted by Crippen LogP contribution is 2.23. The second kappa shape index (κ2) is 9.33. The van der Waals surface area contributed by atoms with Crippen LogP contribution in [0.25, 0.3) is 11.1 Å². The highest BCUT2D eigenvalue weighted by molar-refractivity contribution is 6.17. The Kier molecular flexibility index (Phi) is 7.13. The number of halogens is 1. The van der Waals surface area contributed by atoms with Gasteiger partial charge in [0.25, 0.3) is 5.91 Å². The number of carbonyl (C=O) groups is 1. The van der Waals surface area contributed by atoms with Gasteiger partial charge in [0.2, 0.25) is 0 Å². The first kappa shape index (κ1) is 18.3. The molecule has 0 unspecified atom stereocenters. The molecular formula is C20H24ClNO2. The van der Waals surface area contributed by atoms with Crippen molar-refractivity contribution in [3.05, 3.63) is 54.1 Å². The number of hydrogen-bond donors (Lipinski definition) is 0. The Morgan fingerprint density at radius 3 is 2.00 bits per heavy atom. The molecule has 4 heteroatoms. The topological polar surface area (TPSA) is 29.5 Å². The van der Waals surface area contributed by atoms with Gasteiger partial charge in [0.15, 0.2) is 0 Å². The predicted octanol–water partition coefficient (Wildman–Crippen LogP) is 4.84. The molecule has 0 heterocycles. The van der Waals surface area contributed by atoms with Crippen molar-refractivity contribution >= 4 is 17.5 Å². The molecule has 0 N–H and O–H groups in total. The van der Waals surface area contributed by atoms with Crippen molar-refractivity contribution in [2.75, 3.05) is 25.6 Å². The Morgan fingerprint density at radius 2 is 1.50 bits per heavy atom. The minimum absolute atomic E-state index is 0.0783. The third-order valence-corrected chi connectivity index (χ3v) is 4.18. The molecule has 0 aromatic heterocycles. The van der Waals surface area contributed by atoms with Crippen molar-refractivity contribution in [1.82, 2.24) is 4.90 Å². The fourth-order valence-electron chi connectivity index (χ4n) is 2.49. The van der Waals surface area contributed by atoms with Crippen molar-refractivity contribution in [2.45, 2.75) is 20.3 Å². The first-order chi connectivity index (χ1) is 11.7. The minimum Gasteiger partial charge on any atom is -0.494 e. The van der Waals surface area contributed by atoms with E-state index in [4.69, 9.17) is 16.3 Å². The summed E-state index contributed by atoms with van der Waals surface area (Å²) >= 11 is 5.64. The number of hydrogen-bond acceptors (Lipinski definition) is 2. The fourth-order valence-corrected chi connectivity index (χ4v) is 2.60. The Morgan fingerprint density at radius 1 is 0.958 bits per heavy atom. The van der Waals surface area contributed by atoms with Gasteiger partial charge in [-0.2, -0.15) is 0 Å². The first-order valence-corrected chi connectivity index (χ1v) is 8.91. The van der Waals surface area contributed by atoms with E-state index in [2.05, 4.69) is 0 Å². The highest BCUT2D eigenvalue weighted by Gasteiger charge is 2.12. The van der Waals surface area contributed by atoms with E-state index in [1.54, 1.807) is 0 Å². The summed E-state index contributed by atoms with van der Waals surface area (Å²) in [7, 11) is 0. The van der Waals surface area contributed by atoms with Gasteiger partial charge in [-0.25, -0.2) is 0 Å². The van der Waals surface area contributed by atoms with Crippen LogP contribution in [0.2, 0.25) is 0 Å². The molecular weight excluding hydrogens is 322 g/mol. The summed E-state index contributed by atoms with van der Waals surface area (Å²) in [4.78, 5) is 14.1. The molecule has 128 valence electrons. The number of benzene rings is 2. The Hall–Kier alpha value is -2.00. The van der Waals surface area contributed by atoms with Crippen LogP contribution in [0.4, 0.5) is 0 Å². The Bertz CT molecular complexity index is 634. The van der Waals surface area contributed by atoms with Gasteiger partial charge in [0, 0.05) is 24.5 Å². The van der Waals surface area contributed by atoms with E-state index >= 15 is 0 Å². The van der Waals surface area contributed by atoms with E-state index in [-0.39, 0.29) is 5.91 Å². The molecule has 2 aromatic carbocycles. The maximum atomic E-state index is 12.3. The molecule has 0 atom stereocenters. The van der Waals surface area contributed by atoms with Crippen LogP contribution >= 0.6 is 11.6 Å². The molecule has 2 rings (SSSR count). The van der Waals surface area contributed by atoms with Crippen molar-refractivity contribution in [3.8, 4) is 16.9 Å². The minimum atomic E-state index is 0.0783. The number of ether oxygens (including phenoxy) is 1. The number of nitrogens with zero attached hydrogens (tertiary/aromatic N) is 1. The average Bonchev–Trinajstić information content (AvgIpc) is 2.63. The SMILES string of the molecule is CCN(CC)C(=O)c1ccc(-c2ccc(OCCCCl)cc2)cc1. The molecule has 0 bridgehead atoms. The van der Waals surface area contributed by atoms with E-state index in [0.717, 1.165) is 42.0 Å². The van der Waals surface area contributed by atoms with Gasteiger partial charge in [-0.3, -0.25) is 4.79 Å². The number of alkyl halides is 1. The highest BCUT2D eigenvalue weighted by atomic mass is 35.5. The third kappa shape index (κ3) is 4.75. The van der Waals surface area contributed by atoms with Crippen LogP contribution in [-0.2, 0) is 0 Å². The second-order valence-electron chi connectivity index (χ2n) is 5.47. The van der Waals surface area contributed by atoms with Crippen LogP contribution < -0.4 is 4.74 Å². The standard InChI is InChI=1S/C20H24ClNO2/c1-3-22(4-2)20(23)18-8-6-16(7-9-18)17-10-12-19(13-11-17)24-15-5-14-21/h6-13H,3-5,14-15H2,1-2H3. The lowest BCUT2D eigenvalue weighted by atomic mass is 10.0. The number of rotatable bonds is 8. The zero-order valence-electron chi connectivity index (χ0n) is 14.3. The maximum Gasteiger partial charge on any atom is 0.253 e. The quantitative estimate of drug-likeness (QED) is 0.506. The normalized spacial score (nSPS) is 10.5. The lowest BCUT2D eigenvalue weighted by molar-refractivity contribution is 0.0773. The molecule has 24 heavy (non-hydrogen) atoms. The van der Waals surface area contributed by atoms with E-state index in [1.165, 1.54) is 0 Å². The summed E-state index contributed by atoms with van der Waals surface area (Å²) in [6.07, 6.45) is 0.839. The molecule has 0 spiro atoms. The zero-order valence-corrected chi connectivity index (χ0v) is 15.1.